The first-order valence-electron chi connectivity index (χ1n) is 8.34. The molecule has 2 saturated carbocycles. The molecule has 0 aliphatic heterocycles. The fraction of sp³-hybridized carbons (Fsp3) is 1.00. The van der Waals surface area contributed by atoms with Crippen LogP contribution in [0.5, 0.6) is 0 Å². The molecule has 4 unspecified atom stereocenters. The van der Waals surface area contributed by atoms with E-state index >= 15 is 0 Å². The Labute approximate surface area is 119 Å². The van der Waals surface area contributed by atoms with E-state index in [1.54, 1.807) is 0 Å². The van der Waals surface area contributed by atoms with Crippen molar-refractivity contribution in [3.63, 3.8) is 0 Å². The minimum absolute atomic E-state index is 0.706. The van der Waals surface area contributed by atoms with Crippen LogP contribution >= 0.6 is 0 Å². The number of rotatable bonds is 7. The molecule has 0 heterocycles. The van der Waals surface area contributed by atoms with Gasteiger partial charge in [0.1, 0.15) is 0 Å². The van der Waals surface area contributed by atoms with Crippen molar-refractivity contribution in [1.29, 1.82) is 0 Å². The molecule has 112 valence electrons. The highest BCUT2D eigenvalue weighted by Crippen LogP contribution is 2.41. The third-order valence-electron chi connectivity index (χ3n) is 5.44. The van der Waals surface area contributed by atoms with Crippen LogP contribution in [-0.2, 0) is 4.74 Å². The van der Waals surface area contributed by atoms with E-state index in [9.17, 15) is 0 Å². The largest absolute Gasteiger partial charge is 0.384 e. The Bertz CT molecular complexity index is 262. The SMILES string of the molecule is COCC(C)C1CC(C(C)C)CCC1CNC1CC1. The van der Waals surface area contributed by atoms with Crippen LogP contribution in [-0.4, -0.2) is 26.3 Å². The van der Waals surface area contributed by atoms with Gasteiger partial charge in [-0.15, -0.1) is 0 Å². The van der Waals surface area contributed by atoms with Gasteiger partial charge in [0.15, 0.2) is 0 Å². The van der Waals surface area contributed by atoms with Gasteiger partial charge in [0.2, 0.25) is 0 Å². The van der Waals surface area contributed by atoms with Gasteiger partial charge in [-0.1, -0.05) is 20.8 Å². The minimum Gasteiger partial charge on any atom is -0.384 e. The quantitative estimate of drug-likeness (QED) is 0.759. The lowest BCUT2D eigenvalue weighted by Crippen LogP contribution is -2.38. The van der Waals surface area contributed by atoms with Crippen molar-refractivity contribution in [1.82, 2.24) is 5.32 Å². The predicted molar refractivity (Wildman–Crippen MR) is 81.2 cm³/mol. The second-order valence-corrected chi connectivity index (χ2v) is 7.36. The van der Waals surface area contributed by atoms with Crippen LogP contribution in [0.3, 0.4) is 0 Å². The Morgan fingerprint density at radius 2 is 1.84 bits per heavy atom. The zero-order valence-corrected chi connectivity index (χ0v) is 13.3. The Hall–Kier alpha value is -0.0800. The number of hydrogen-bond donors (Lipinski definition) is 1. The van der Waals surface area contributed by atoms with Gasteiger partial charge < -0.3 is 10.1 Å². The summed E-state index contributed by atoms with van der Waals surface area (Å²) in [6.45, 7) is 9.35. The number of hydrogen-bond acceptors (Lipinski definition) is 2. The summed E-state index contributed by atoms with van der Waals surface area (Å²) in [5, 5.41) is 3.76. The van der Waals surface area contributed by atoms with Crippen molar-refractivity contribution in [3.8, 4) is 0 Å². The first-order valence-corrected chi connectivity index (χ1v) is 8.34. The predicted octanol–water partition coefficient (Wildman–Crippen LogP) is 3.71. The molecule has 1 N–H and O–H groups in total. The van der Waals surface area contributed by atoms with Gasteiger partial charge in [-0.25, -0.2) is 0 Å². The lowest BCUT2D eigenvalue weighted by molar-refractivity contribution is 0.0554. The number of ether oxygens (including phenoxy) is 1. The fourth-order valence-electron chi connectivity index (χ4n) is 3.85. The number of nitrogens with one attached hydrogen (secondary N) is 1. The summed E-state index contributed by atoms with van der Waals surface area (Å²) in [5.74, 6) is 4.21. The highest BCUT2D eigenvalue weighted by atomic mass is 16.5. The van der Waals surface area contributed by atoms with E-state index < -0.39 is 0 Å². The van der Waals surface area contributed by atoms with Crippen molar-refractivity contribution in [3.05, 3.63) is 0 Å². The summed E-state index contributed by atoms with van der Waals surface area (Å²) in [7, 11) is 1.84. The third kappa shape index (κ3) is 4.46. The topological polar surface area (TPSA) is 21.3 Å². The summed E-state index contributed by atoms with van der Waals surface area (Å²) in [6.07, 6.45) is 7.07. The van der Waals surface area contributed by atoms with Gasteiger partial charge in [-0.05, 0) is 68.2 Å². The van der Waals surface area contributed by atoms with E-state index in [1.807, 2.05) is 7.11 Å². The fourth-order valence-corrected chi connectivity index (χ4v) is 3.85. The molecule has 0 amide bonds. The van der Waals surface area contributed by atoms with Gasteiger partial charge >= 0.3 is 0 Å². The Kier molecular flexibility index (Phi) is 5.70. The van der Waals surface area contributed by atoms with Gasteiger partial charge in [0.25, 0.3) is 0 Å². The monoisotopic (exact) mass is 267 g/mol. The van der Waals surface area contributed by atoms with E-state index in [0.717, 1.165) is 36.3 Å². The number of methoxy groups -OCH3 is 1. The molecule has 0 bridgehead atoms. The molecule has 2 fully saturated rings. The summed E-state index contributed by atoms with van der Waals surface area (Å²) in [6, 6.07) is 0.848. The van der Waals surface area contributed by atoms with Crippen LogP contribution in [0.2, 0.25) is 0 Å². The standard InChI is InChI=1S/C17H33NO/c1-12(2)14-5-6-15(10-18-16-7-8-16)17(9-14)13(3)11-19-4/h12-18H,5-11H2,1-4H3. The Morgan fingerprint density at radius 3 is 2.42 bits per heavy atom. The molecule has 0 aromatic rings. The molecule has 2 rings (SSSR count). The van der Waals surface area contributed by atoms with E-state index in [-0.39, 0.29) is 0 Å². The molecule has 0 aromatic heterocycles. The summed E-state index contributed by atoms with van der Waals surface area (Å²) in [5.41, 5.74) is 0. The van der Waals surface area contributed by atoms with Crippen molar-refractivity contribution in [2.75, 3.05) is 20.3 Å². The van der Waals surface area contributed by atoms with E-state index in [2.05, 4.69) is 26.1 Å². The smallest absolute Gasteiger partial charge is 0.0490 e. The maximum Gasteiger partial charge on any atom is 0.0490 e. The van der Waals surface area contributed by atoms with E-state index in [1.165, 1.54) is 38.6 Å². The molecule has 2 aliphatic rings. The first-order chi connectivity index (χ1) is 9.11. The molecule has 2 heteroatoms. The second-order valence-electron chi connectivity index (χ2n) is 7.36. The first kappa shape index (κ1) is 15.3. The van der Waals surface area contributed by atoms with Gasteiger partial charge in [-0.3, -0.25) is 0 Å². The van der Waals surface area contributed by atoms with Crippen LogP contribution in [0, 0.1) is 29.6 Å². The normalized spacial score (nSPS) is 33.6. The molecule has 2 nitrogen and oxygen atoms in total. The molecule has 0 spiro atoms. The van der Waals surface area contributed by atoms with Gasteiger partial charge in [0.05, 0.1) is 0 Å². The highest BCUT2D eigenvalue weighted by molar-refractivity contribution is 4.88. The van der Waals surface area contributed by atoms with Gasteiger partial charge in [-0.2, -0.15) is 0 Å². The summed E-state index contributed by atoms with van der Waals surface area (Å²) in [4.78, 5) is 0. The molecule has 0 saturated heterocycles. The maximum absolute atomic E-state index is 5.42. The molecule has 0 aromatic carbocycles. The lowest BCUT2D eigenvalue weighted by atomic mass is 9.66. The average Bonchev–Trinajstić information content (AvgIpc) is 3.20. The zero-order valence-electron chi connectivity index (χ0n) is 13.3. The van der Waals surface area contributed by atoms with Gasteiger partial charge in [0, 0.05) is 19.8 Å². The maximum atomic E-state index is 5.42. The third-order valence-corrected chi connectivity index (χ3v) is 5.44. The Balaban J connectivity index is 1.90. The molecule has 0 radical (unpaired) electrons. The van der Waals surface area contributed by atoms with Crippen molar-refractivity contribution >= 4 is 0 Å². The minimum atomic E-state index is 0.706. The van der Waals surface area contributed by atoms with Crippen LogP contribution in [0.15, 0.2) is 0 Å². The van der Waals surface area contributed by atoms with Crippen molar-refractivity contribution < 1.29 is 4.74 Å². The second kappa shape index (κ2) is 7.08. The lowest BCUT2D eigenvalue weighted by Gasteiger charge is -2.41. The van der Waals surface area contributed by atoms with Crippen LogP contribution < -0.4 is 5.32 Å². The van der Waals surface area contributed by atoms with Crippen molar-refractivity contribution in [2.24, 2.45) is 29.6 Å². The van der Waals surface area contributed by atoms with Crippen LogP contribution in [0.4, 0.5) is 0 Å². The Morgan fingerprint density at radius 1 is 1.11 bits per heavy atom. The highest BCUT2D eigenvalue weighted by Gasteiger charge is 2.35. The summed E-state index contributed by atoms with van der Waals surface area (Å²) >= 11 is 0. The van der Waals surface area contributed by atoms with Crippen LogP contribution in [0.25, 0.3) is 0 Å². The van der Waals surface area contributed by atoms with E-state index in [4.69, 9.17) is 4.74 Å². The molecule has 4 atom stereocenters. The van der Waals surface area contributed by atoms with Crippen molar-refractivity contribution in [2.45, 2.75) is 58.9 Å². The molecular formula is C17H33NO. The molecule has 19 heavy (non-hydrogen) atoms. The zero-order chi connectivity index (χ0) is 13.8. The average molecular weight is 267 g/mol. The van der Waals surface area contributed by atoms with Crippen LogP contribution in [0.1, 0.15) is 52.9 Å². The summed E-state index contributed by atoms with van der Waals surface area (Å²) < 4.78 is 5.42. The van der Waals surface area contributed by atoms with E-state index in [0.29, 0.717) is 5.92 Å². The molecular weight excluding hydrogens is 234 g/mol. The molecule has 2 aliphatic carbocycles.